The highest BCUT2D eigenvalue weighted by molar-refractivity contribution is 5.98. The molecule has 0 spiro atoms. The molecule has 1 aromatic carbocycles. The average molecular weight is 176 g/mol. The lowest BCUT2D eigenvalue weighted by atomic mass is 10.1. The van der Waals surface area contributed by atoms with E-state index in [0.29, 0.717) is 11.3 Å². The minimum atomic E-state index is -0.485. The SMILES string of the molecule is C/C(C(N)=O)=C(\N)c1ccccc1. The molecule has 3 nitrogen and oxygen atoms in total. The van der Waals surface area contributed by atoms with Gasteiger partial charge in [0.2, 0.25) is 5.91 Å². The minimum absolute atomic E-state index is 0.395. The molecule has 4 N–H and O–H groups in total. The van der Waals surface area contributed by atoms with Crippen LogP contribution in [0, 0.1) is 0 Å². The van der Waals surface area contributed by atoms with Crippen LogP contribution in [-0.2, 0) is 4.79 Å². The van der Waals surface area contributed by atoms with Gasteiger partial charge < -0.3 is 11.5 Å². The Morgan fingerprint density at radius 1 is 1.15 bits per heavy atom. The van der Waals surface area contributed by atoms with Crippen LogP contribution in [0.5, 0.6) is 0 Å². The Hall–Kier alpha value is -1.77. The van der Waals surface area contributed by atoms with Crippen molar-refractivity contribution in [3.05, 3.63) is 41.5 Å². The van der Waals surface area contributed by atoms with E-state index in [1.54, 1.807) is 6.92 Å². The van der Waals surface area contributed by atoms with Crippen molar-refractivity contribution < 1.29 is 4.79 Å². The summed E-state index contributed by atoms with van der Waals surface area (Å²) in [5.41, 5.74) is 12.5. The molecule has 13 heavy (non-hydrogen) atoms. The maximum atomic E-state index is 10.8. The van der Waals surface area contributed by atoms with E-state index in [2.05, 4.69) is 0 Å². The van der Waals surface area contributed by atoms with Crippen molar-refractivity contribution in [3.63, 3.8) is 0 Å². The first-order valence-electron chi connectivity index (χ1n) is 3.94. The van der Waals surface area contributed by atoms with E-state index in [1.807, 2.05) is 30.3 Å². The number of hydrogen-bond acceptors (Lipinski definition) is 2. The first kappa shape index (κ1) is 9.32. The second kappa shape index (κ2) is 3.76. The van der Waals surface area contributed by atoms with Crippen molar-refractivity contribution in [2.75, 3.05) is 0 Å². The molecule has 1 aromatic rings. The first-order chi connectivity index (χ1) is 6.13. The largest absolute Gasteiger partial charge is 0.398 e. The molecule has 0 heterocycles. The van der Waals surface area contributed by atoms with Gasteiger partial charge >= 0.3 is 0 Å². The van der Waals surface area contributed by atoms with Gasteiger partial charge in [-0.05, 0) is 12.5 Å². The lowest BCUT2D eigenvalue weighted by molar-refractivity contribution is -0.114. The molecule has 0 aliphatic carbocycles. The van der Waals surface area contributed by atoms with Crippen LogP contribution in [-0.4, -0.2) is 5.91 Å². The molecule has 0 saturated heterocycles. The summed E-state index contributed by atoms with van der Waals surface area (Å²) in [7, 11) is 0. The number of hydrogen-bond donors (Lipinski definition) is 2. The second-order valence-electron chi connectivity index (χ2n) is 2.77. The quantitative estimate of drug-likeness (QED) is 0.656. The van der Waals surface area contributed by atoms with Gasteiger partial charge in [0, 0.05) is 11.3 Å². The van der Waals surface area contributed by atoms with Crippen molar-refractivity contribution in [2.45, 2.75) is 6.92 Å². The van der Waals surface area contributed by atoms with E-state index in [4.69, 9.17) is 11.5 Å². The highest BCUT2D eigenvalue weighted by Gasteiger charge is 2.04. The Morgan fingerprint density at radius 3 is 2.15 bits per heavy atom. The molecule has 0 radical (unpaired) electrons. The summed E-state index contributed by atoms with van der Waals surface area (Å²) in [6, 6.07) is 9.27. The van der Waals surface area contributed by atoms with Gasteiger partial charge in [-0.1, -0.05) is 30.3 Å². The fourth-order valence-corrected chi connectivity index (χ4v) is 0.967. The summed E-state index contributed by atoms with van der Waals surface area (Å²) in [5, 5.41) is 0. The van der Waals surface area contributed by atoms with Crippen LogP contribution in [0.15, 0.2) is 35.9 Å². The Balaban J connectivity index is 3.11. The molecular weight excluding hydrogens is 164 g/mol. The zero-order chi connectivity index (χ0) is 9.84. The molecule has 68 valence electrons. The van der Waals surface area contributed by atoms with Crippen molar-refractivity contribution >= 4 is 11.6 Å². The zero-order valence-electron chi connectivity index (χ0n) is 7.45. The number of amides is 1. The Labute approximate surface area is 77.0 Å². The molecule has 0 aliphatic rings. The fourth-order valence-electron chi connectivity index (χ4n) is 0.967. The van der Waals surface area contributed by atoms with Crippen molar-refractivity contribution in [3.8, 4) is 0 Å². The van der Waals surface area contributed by atoms with Gasteiger partial charge in [-0.2, -0.15) is 0 Å². The van der Waals surface area contributed by atoms with E-state index in [9.17, 15) is 4.79 Å². The molecule has 1 rings (SSSR count). The molecule has 0 fully saturated rings. The van der Waals surface area contributed by atoms with Crippen LogP contribution in [0.2, 0.25) is 0 Å². The molecule has 0 aromatic heterocycles. The van der Waals surface area contributed by atoms with Crippen LogP contribution in [0.1, 0.15) is 12.5 Å². The Kier molecular flexibility index (Phi) is 2.69. The average Bonchev–Trinajstić information content (AvgIpc) is 2.17. The summed E-state index contributed by atoms with van der Waals surface area (Å²) >= 11 is 0. The summed E-state index contributed by atoms with van der Waals surface area (Å²) in [6.07, 6.45) is 0. The van der Waals surface area contributed by atoms with Crippen LogP contribution < -0.4 is 11.5 Å². The van der Waals surface area contributed by atoms with Gasteiger partial charge in [0.05, 0.1) is 0 Å². The zero-order valence-corrected chi connectivity index (χ0v) is 7.45. The summed E-state index contributed by atoms with van der Waals surface area (Å²) in [4.78, 5) is 10.8. The van der Waals surface area contributed by atoms with Crippen molar-refractivity contribution in [2.24, 2.45) is 11.5 Å². The minimum Gasteiger partial charge on any atom is -0.398 e. The molecule has 0 aliphatic heterocycles. The predicted octanol–water partition coefficient (Wildman–Crippen LogP) is 0.862. The molecule has 0 saturated carbocycles. The summed E-state index contributed by atoms with van der Waals surface area (Å²) < 4.78 is 0. The second-order valence-corrected chi connectivity index (χ2v) is 2.77. The molecule has 3 heteroatoms. The van der Waals surface area contributed by atoms with Gasteiger partial charge in [0.15, 0.2) is 0 Å². The topological polar surface area (TPSA) is 69.1 Å². The monoisotopic (exact) mass is 176 g/mol. The van der Waals surface area contributed by atoms with Crippen molar-refractivity contribution in [1.29, 1.82) is 0 Å². The predicted molar refractivity (Wildman–Crippen MR) is 52.4 cm³/mol. The highest BCUT2D eigenvalue weighted by atomic mass is 16.1. The maximum Gasteiger partial charge on any atom is 0.246 e. The third-order valence-corrected chi connectivity index (χ3v) is 1.86. The van der Waals surface area contributed by atoms with Gasteiger partial charge in [-0.15, -0.1) is 0 Å². The number of carbonyl (C=O) groups excluding carboxylic acids is 1. The van der Waals surface area contributed by atoms with Crippen LogP contribution in [0.4, 0.5) is 0 Å². The van der Waals surface area contributed by atoms with E-state index in [0.717, 1.165) is 5.56 Å². The third kappa shape index (κ3) is 2.08. The van der Waals surface area contributed by atoms with Gasteiger partial charge in [-0.25, -0.2) is 0 Å². The number of primary amides is 1. The number of rotatable bonds is 2. The molecule has 0 bridgehead atoms. The normalized spacial score (nSPS) is 12.1. The van der Waals surface area contributed by atoms with Gasteiger partial charge in [0.1, 0.15) is 0 Å². The molecule has 1 amide bonds. The lowest BCUT2D eigenvalue weighted by Crippen LogP contribution is -2.16. The molecule has 0 unspecified atom stereocenters. The Morgan fingerprint density at radius 2 is 1.69 bits per heavy atom. The first-order valence-corrected chi connectivity index (χ1v) is 3.94. The van der Waals surface area contributed by atoms with Crippen LogP contribution >= 0.6 is 0 Å². The smallest absolute Gasteiger partial charge is 0.246 e. The van der Waals surface area contributed by atoms with E-state index in [-0.39, 0.29) is 0 Å². The summed E-state index contributed by atoms with van der Waals surface area (Å²) in [6.45, 7) is 1.62. The molecule has 0 atom stereocenters. The summed E-state index contributed by atoms with van der Waals surface area (Å²) in [5.74, 6) is -0.485. The van der Waals surface area contributed by atoms with E-state index in [1.165, 1.54) is 0 Å². The van der Waals surface area contributed by atoms with Crippen LogP contribution in [0.3, 0.4) is 0 Å². The fraction of sp³-hybridized carbons (Fsp3) is 0.100. The van der Waals surface area contributed by atoms with Gasteiger partial charge in [-0.3, -0.25) is 4.79 Å². The molecular formula is C10H12N2O. The number of nitrogens with two attached hydrogens (primary N) is 2. The standard InChI is InChI=1S/C10H12N2O/c1-7(10(12)13)9(11)8-5-3-2-4-6-8/h2-6H,11H2,1H3,(H2,12,13)/b9-7+. The lowest BCUT2D eigenvalue weighted by Gasteiger charge is -2.03. The Bertz CT molecular complexity index is 341. The number of benzene rings is 1. The highest BCUT2D eigenvalue weighted by Crippen LogP contribution is 2.11. The van der Waals surface area contributed by atoms with E-state index < -0.39 is 5.91 Å². The van der Waals surface area contributed by atoms with Crippen molar-refractivity contribution in [1.82, 2.24) is 0 Å². The third-order valence-electron chi connectivity index (χ3n) is 1.86. The maximum absolute atomic E-state index is 10.8. The van der Waals surface area contributed by atoms with Crippen LogP contribution in [0.25, 0.3) is 5.70 Å². The van der Waals surface area contributed by atoms with E-state index >= 15 is 0 Å². The number of carbonyl (C=O) groups is 1. The van der Waals surface area contributed by atoms with Gasteiger partial charge in [0.25, 0.3) is 0 Å².